The maximum Gasteiger partial charge on any atom is 0.408 e. The average molecular weight is 555 g/mol. The van der Waals surface area contributed by atoms with Crippen LogP contribution in [-0.4, -0.2) is 78.9 Å². The third-order valence-corrected chi connectivity index (χ3v) is 7.15. The Morgan fingerprint density at radius 3 is 2.46 bits per heavy atom. The molecule has 0 bridgehead atoms. The van der Waals surface area contributed by atoms with Crippen LogP contribution in [0.25, 0.3) is 10.1 Å². The molecule has 1 aliphatic rings. The summed E-state index contributed by atoms with van der Waals surface area (Å²) < 4.78 is 22.3. The molecule has 9 nitrogen and oxygen atoms in total. The van der Waals surface area contributed by atoms with E-state index in [1.165, 1.54) is 10.1 Å². The number of ether oxygens (including phenoxy) is 3. The van der Waals surface area contributed by atoms with Crippen LogP contribution in [-0.2, 0) is 20.7 Å². The quantitative estimate of drug-likeness (QED) is 0.367. The first-order valence-corrected chi connectivity index (χ1v) is 14.2. The summed E-state index contributed by atoms with van der Waals surface area (Å²) in [5, 5.41) is 3.87. The fourth-order valence-corrected chi connectivity index (χ4v) is 5.22. The van der Waals surface area contributed by atoms with Crippen molar-refractivity contribution in [1.29, 1.82) is 0 Å². The molecule has 2 heterocycles. The van der Waals surface area contributed by atoms with E-state index in [0.29, 0.717) is 6.61 Å². The average Bonchev–Trinajstić information content (AvgIpc) is 3.33. The zero-order valence-corrected chi connectivity index (χ0v) is 24.0. The molecule has 39 heavy (non-hydrogen) atoms. The monoisotopic (exact) mass is 554 g/mol. The molecular weight excluding hydrogens is 516 g/mol. The third kappa shape index (κ3) is 8.31. The van der Waals surface area contributed by atoms with Crippen molar-refractivity contribution in [2.75, 3.05) is 50.8 Å². The number of nitrogens with one attached hydrogen (secondary N) is 1. The Balaban J connectivity index is 1.22. The van der Waals surface area contributed by atoms with Crippen LogP contribution in [0.1, 0.15) is 33.3 Å². The summed E-state index contributed by atoms with van der Waals surface area (Å²) >= 11 is 1.56. The summed E-state index contributed by atoms with van der Waals surface area (Å²) in [6, 6.07) is 15.1. The van der Waals surface area contributed by atoms with Gasteiger partial charge in [-0.25, -0.2) is 9.59 Å². The van der Waals surface area contributed by atoms with Crippen LogP contribution < -0.4 is 15.0 Å². The van der Waals surface area contributed by atoms with Crippen LogP contribution in [0, 0.1) is 0 Å². The number of alkyl carbamates (subject to hydrolysis) is 1. The van der Waals surface area contributed by atoms with Gasteiger partial charge in [0, 0.05) is 44.5 Å². The van der Waals surface area contributed by atoms with Crippen molar-refractivity contribution in [3.8, 4) is 5.75 Å². The lowest BCUT2D eigenvalue weighted by Gasteiger charge is -2.34. The standard InChI is InChI=1S/C29H38N4O5S/c1-5-36-27(34)24(30-28(35)38-29(2,3)4)20-21-10-12-22(13-11-21)37-19-18-32-14-16-33(17-15-32)26-23-8-6-7-9-25(23)39-31-26/h6-13,24H,5,14-20H2,1-4H3,(H,30,35)/t24-/m1/s1. The second-order valence-electron chi connectivity index (χ2n) is 10.5. The van der Waals surface area contributed by atoms with Crippen LogP contribution in [0.2, 0.25) is 0 Å². The number of piperazine rings is 1. The summed E-state index contributed by atoms with van der Waals surface area (Å²) in [6.07, 6.45) is -0.363. The van der Waals surface area contributed by atoms with Gasteiger partial charge >= 0.3 is 12.1 Å². The van der Waals surface area contributed by atoms with E-state index >= 15 is 0 Å². The van der Waals surface area contributed by atoms with Crippen molar-refractivity contribution in [2.45, 2.75) is 45.8 Å². The Hall–Kier alpha value is -3.37. The Bertz CT molecular complexity index is 1230. The first-order chi connectivity index (χ1) is 18.7. The fourth-order valence-electron chi connectivity index (χ4n) is 4.42. The van der Waals surface area contributed by atoms with Crippen LogP contribution in [0.3, 0.4) is 0 Å². The van der Waals surface area contributed by atoms with Gasteiger partial charge in [-0.3, -0.25) is 4.90 Å². The van der Waals surface area contributed by atoms with Crippen molar-refractivity contribution < 1.29 is 23.8 Å². The number of anilines is 1. The van der Waals surface area contributed by atoms with E-state index in [0.717, 1.165) is 49.9 Å². The van der Waals surface area contributed by atoms with Crippen molar-refractivity contribution in [2.24, 2.45) is 0 Å². The molecule has 3 aromatic rings. The maximum absolute atomic E-state index is 12.4. The van der Waals surface area contributed by atoms with E-state index in [4.69, 9.17) is 14.2 Å². The van der Waals surface area contributed by atoms with E-state index in [2.05, 4.69) is 43.8 Å². The molecule has 1 N–H and O–H groups in total. The highest BCUT2D eigenvalue weighted by Gasteiger charge is 2.26. The van der Waals surface area contributed by atoms with Crippen LogP contribution in [0.4, 0.5) is 10.6 Å². The van der Waals surface area contributed by atoms with Crippen LogP contribution in [0.5, 0.6) is 5.75 Å². The van der Waals surface area contributed by atoms with Gasteiger partial charge in [0.25, 0.3) is 0 Å². The van der Waals surface area contributed by atoms with Gasteiger partial charge in [-0.05, 0) is 69.1 Å². The molecule has 1 aromatic heterocycles. The SMILES string of the molecule is CCOC(=O)[C@@H](Cc1ccc(OCCN2CCN(c3nsc4ccccc34)CC2)cc1)NC(=O)OC(C)(C)C. The summed E-state index contributed by atoms with van der Waals surface area (Å²) in [5.74, 6) is 1.36. The molecule has 10 heteroatoms. The lowest BCUT2D eigenvalue weighted by Crippen LogP contribution is -2.47. The number of hydrogen-bond acceptors (Lipinski definition) is 9. The summed E-state index contributed by atoms with van der Waals surface area (Å²) in [6.45, 7) is 12.5. The first-order valence-electron chi connectivity index (χ1n) is 13.4. The minimum Gasteiger partial charge on any atom is -0.492 e. The summed E-state index contributed by atoms with van der Waals surface area (Å²) in [7, 11) is 0. The number of carbonyl (C=O) groups is 2. The predicted octanol–water partition coefficient (Wildman–Crippen LogP) is 4.50. The highest BCUT2D eigenvalue weighted by Crippen LogP contribution is 2.29. The molecule has 1 saturated heterocycles. The van der Waals surface area contributed by atoms with Gasteiger partial charge in [-0.15, -0.1) is 0 Å². The smallest absolute Gasteiger partial charge is 0.408 e. The molecule has 0 spiro atoms. The zero-order chi connectivity index (χ0) is 27.8. The van der Waals surface area contributed by atoms with E-state index in [-0.39, 0.29) is 13.0 Å². The van der Waals surface area contributed by atoms with E-state index in [1.54, 1.807) is 39.2 Å². The first kappa shape index (κ1) is 28.6. The molecular formula is C29H38N4O5S. The maximum atomic E-state index is 12.4. The molecule has 1 fully saturated rings. The number of nitrogens with zero attached hydrogens (tertiary/aromatic N) is 3. The molecule has 0 unspecified atom stereocenters. The van der Waals surface area contributed by atoms with Crippen molar-refractivity contribution in [3.05, 3.63) is 54.1 Å². The van der Waals surface area contributed by atoms with Gasteiger partial charge in [0.05, 0.1) is 11.3 Å². The number of aromatic nitrogens is 1. The molecule has 4 rings (SSSR count). The number of hydrogen-bond donors (Lipinski definition) is 1. The van der Waals surface area contributed by atoms with E-state index in [9.17, 15) is 9.59 Å². The van der Waals surface area contributed by atoms with Gasteiger partial charge in [-0.2, -0.15) is 4.37 Å². The lowest BCUT2D eigenvalue weighted by molar-refractivity contribution is -0.145. The van der Waals surface area contributed by atoms with E-state index < -0.39 is 23.7 Å². The minimum atomic E-state index is -0.840. The molecule has 1 aliphatic heterocycles. The molecule has 0 radical (unpaired) electrons. The molecule has 0 saturated carbocycles. The van der Waals surface area contributed by atoms with Gasteiger partial charge in [0.2, 0.25) is 0 Å². The lowest BCUT2D eigenvalue weighted by atomic mass is 10.1. The van der Waals surface area contributed by atoms with E-state index in [1.807, 2.05) is 24.3 Å². The number of carbonyl (C=O) groups excluding carboxylic acids is 2. The summed E-state index contributed by atoms with van der Waals surface area (Å²) in [5.41, 5.74) is 0.216. The van der Waals surface area contributed by atoms with Crippen molar-refractivity contribution in [1.82, 2.24) is 14.6 Å². The predicted molar refractivity (Wildman–Crippen MR) is 154 cm³/mol. The molecule has 1 atom stereocenters. The van der Waals surface area contributed by atoms with Gasteiger partial charge in [0.1, 0.15) is 29.8 Å². The van der Waals surface area contributed by atoms with Gasteiger partial charge in [0.15, 0.2) is 0 Å². The normalized spacial score (nSPS) is 15.1. The number of amides is 1. The largest absolute Gasteiger partial charge is 0.492 e. The number of fused-ring (bicyclic) bond motifs is 1. The molecule has 2 aromatic carbocycles. The highest BCUT2D eigenvalue weighted by molar-refractivity contribution is 7.13. The zero-order valence-electron chi connectivity index (χ0n) is 23.1. The number of rotatable bonds is 10. The molecule has 1 amide bonds. The van der Waals surface area contributed by atoms with Crippen molar-refractivity contribution in [3.63, 3.8) is 0 Å². The van der Waals surface area contributed by atoms with Gasteiger partial charge < -0.3 is 24.4 Å². The Labute approximate surface area is 234 Å². The Kier molecular flexibility index (Phi) is 9.63. The molecule has 0 aliphatic carbocycles. The van der Waals surface area contributed by atoms with Crippen LogP contribution >= 0.6 is 11.5 Å². The van der Waals surface area contributed by atoms with Crippen molar-refractivity contribution >= 4 is 39.5 Å². The number of benzene rings is 2. The highest BCUT2D eigenvalue weighted by atomic mass is 32.1. The minimum absolute atomic E-state index is 0.231. The van der Waals surface area contributed by atoms with Crippen LogP contribution in [0.15, 0.2) is 48.5 Å². The fraction of sp³-hybridized carbons (Fsp3) is 0.483. The molecule has 210 valence electrons. The summed E-state index contributed by atoms with van der Waals surface area (Å²) in [4.78, 5) is 29.4. The Morgan fingerprint density at radius 1 is 1.05 bits per heavy atom. The number of esters is 1. The second-order valence-corrected chi connectivity index (χ2v) is 11.3. The third-order valence-electron chi connectivity index (χ3n) is 6.33. The topological polar surface area (TPSA) is 93.2 Å². The Morgan fingerprint density at radius 2 is 1.77 bits per heavy atom. The second kappa shape index (κ2) is 13.1. The van der Waals surface area contributed by atoms with Gasteiger partial charge in [-0.1, -0.05) is 24.3 Å².